The average molecular weight is 287 g/mol. The third-order valence-electron chi connectivity index (χ3n) is 5.47. The fraction of sp³-hybridized carbons (Fsp3) is 0.700. The molecule has 0 aliphatic heterocycles. The van der Waals surface area contributed by atoms with Crippen molar-refractivity contribution in [1.82, 2.24) is 5.32 Å². The number of benzene rings is 1. The molecule has 1 aliphatic carbocycles. The summed E-state index contributed by atoms with van der Waals surface area (Å²) in [4.78, 5) is 0. The summed E-state index contributed by atoms with van der Waals surface area (Å²) in [7, 11) is 0. The van der Waals surface area contributed by atoms with Crippen LogP contribution in [0.5, 0.6) is 0 Å². The molecule has 1 saturated carbocycles. The third kappa shape index (κ3) is 3.51. The molecule has 2 rings (SSSR count). The van der Waals surface area contributed by atoms with E-state index >= 15 is 0 Å². The van der Waals surface area contributed by atoms with Crippen molar-refractivity contribution in [2.45, 2.75) is 72.8 Å². The topological polar surface area (TPSA) is 12.0 Å². The molecular weight excluding hydrogens is 254 g/mol. The zero-order valence-electron chi connectivity index (χ0n) is 15.0. The van der Waals surface area contributed by atoms with E-state index in [1.807, 2.05) is 0 Å². The second-order valence-electron chi connectivity index (χ2n) is 8.59. The maximum absolute atomic E-state index is 3.69. The van der Waals surface area contributed by atoms with Crippen LogP contribution in [-0.2, 0) is 5.41 Å². The van der Waals surface area contributed by atoms with Gasteiger partial charge in [0.1, 0.15) is 0 Å². The van der Waals surface area contributed by atoms with Gasteiger partial charge >= 0.3 is 0 Å². The van der Waals surface area contributed by atoms with Gasteiger partial charge in [0.05, 0.1) is 0 Å². The highest BCUT2D eigenvalue weighted by molar-refractivity contribution is 5.37. The smallest absolute Gasteiger partial charge is 0.00836 e. The quantitative estimate of drug-likeness (QED) is 0.822. The summed E-state index contributed by atoms with van der Waals surface area (Å²) in [5.41, 5.74) is 5.15. The van der Waals surface area contributed by atoms with Crippen LogP contribution in [0.3, 0.4) is 0 Å². The van der Waals surface area contributed by atoms with Gasteiger partial charge in [-0.2, -0.15) is 0 Å². The lowest BCUT2D eigenvalue weighted by molar-refractivity contribution is 0.0437. The maximum atomic E-state index is 3.69. The van der Waals surface area contributed by atoms with Gasteiger partial charge < -0.3 is 5.32 Å². The van der Waals surface area contributed by atoms with Crippen molar-refractivity contribution in [3.8, 4) is 0 Å². The normalized spacial score (nSPS) is 26.0. The summed E-state index contributed by atoms with van der Waals surface area (Å²) >= 11 is 0. The highest BCUT2D eigenvalue weighted by atomic mass is 14.9. The van der Waals surface area contributed by atoms with E-state index in [-0.39, 0.29) is 0 Å². The van der Waals surface area contributed by atoms with Gasteiger partial charge in [0.25, 0.3) is 0 Å². The van der Waals surface area contributed by atoms with Gasteiger partial charge in [0.15, 0.2) is 0 Å². The first kappa shape index (κ1) is 16.5. The molecule has 1 aromatic rings. The van der Waals surface area contributed by atoms with Gasteiger partial charge in [-0.15, -0.1) is 0 Å². The Morgan fingerprint density at radius 3 is 2.24 bits per heavy atom. The molecule has 0 unspecified atom stereocenters. The zero-order chi connectivity index (χ0) is 15.8. The lowest BCUT2D eigenvalue weighted by atomic mass is 9.52. The Bertz CT molecular complexity index is 487. The fourth-order valence-electron chi connectivity index (χ4n) is 3.45. The maximum Gasteiger partial charge on any atom is 0.00836 e. The lowest BCUT2D eigenvalue weighted by Crippen LogP contribution is -2.53. The van der Waals surface area contributed by atoms with Gasteiger partial charge in [-0.25, -0.2) is 0 Å². The summed E-state index contributed by atoms with van der Waals surface area (Å²) in [6, 6.07) is 7.65. The van der Waals surface area contributed by atoms with Crippen LogP contribution in [0.15, 0.2) is 18.2 Å². The number of hydrogen-bond donors (Lipinski definition) is 1. The second kappa shape index (κ2) is 5.76. The van der Waals surface area contributed by atoms with E-state index < -0.39 is 0 Å². The Morgan fingerprint density at radius 1 is 1.14 bits per heavy atom. The molecule has 1 heteroatoms. The summed E-state index contributed by atoms with van der Waals surface area (Å²) in [5, 5.41) is 3.69. The van der Waals surface area contributed by atoms with Crippen molar-refractivity contribution < 1.29 is 0 Å². The Labute approximate surface area is 131 Å². The summed E-state index contributed by atoms with van der Waals surface area (Å²) in [6.45, 7) is 17.2. The molecular formula is C20H33N. The van der Waals surface area contributed by atoms with Crippen LogP contribution in [0.25, 0.3) is 0 Å². The van der Waals surface area contributed by atoms with Gasteiger partial charge in [-0.3, -0.25) is 0 Å². The van der Waals surface area contributed by atoms with Crippen LogP contribution in [-0.4, -0.2) is 12.6 Å². The van der Waals surface area contributed by atoms with E-state index in [0.717, 1.165) is 12.5 Å². The Kier molecular flexibility index (Phi) is 4.54. The molecule has 0 amide bonds. The Hall–Kier alpha value is -0.820. The van der Waals surface area contributed by atoms with Crippen LogP contribution < -0.4 is 5.32 Å². The minimum Gasteiger partial charge on any atom is -0.314 e. The molecule has 0 heterocycles. The number of aryl methyl sites for hydroxylation is 2. The molecule has 0 saturated heterocycles. The Morgan fingerprint density at radius 2 is 1.76 bits per heavy atom. The minimum absolute atomic E-state index is 0.348. The van der Waals surface area contributed by atoms with Crippen molar-refractivity contribution >= 4 is 0 Å². The molecule has 118 valence electrons. The summed E-state index contributed by atoms with van der Waals surface area (Å²) in [6.07, 6.45) is 2.64. The number of rotatable bonds is 4. The van der Waals surface area contributed by atoms with Gasteiger partial charge in [0, 0.05) is 18.0 Å². The molecule has 1 N–H and O–H groups in total. The molecule has 1 aromatic carbocycles. The molecule has 0 radical (unpaired) electrons. The van der Waals surface area contributed by atoms with Gasteiger partial charge in [-0.05, 0) is 54.7 Å². The first-order valence-corrected chi connectivity index (χ1v) is 8.45. The van der Waals surface area contributed by atoms with Crippen LogP contribution in [0.4, 0.5) is 0 Å². The van der Waals surface area contributed by atoms with Gasteiger partial charge in [-0.1, -0.05) is 52.8 Å². The van der Waals surface area contributed by atoms with Gasteiger partial charge in [0.2, 0.25) is 0 Å². The third-order valence-corrected chi connectivity index (χ3v) is 5.47. The lowest BCUT2D eigenvalue weighted by Gasteiger charge is -2.54. The monoisotopic (exact) mass is 287 g/mol. The second-order valence-corrected chi connectivity index (χ2v) is 8.59. The fourth-order valence-corrected chi connectivity index (χ4v) is 3.45. The zero-order valence-corrected chi connectivity index (χ0v) is 15.0. The van der Waals surface area contributed by atoms with Crippen molar-refractivity contribution in [2.75, 3.05) is 6.54 Å². The van der Waals surface area contributed by atoms with Crippen LogP contribution in [0, 0.1) is 25.2 Å². The standard InChI is InChI=1S/C20H33N/c1-14(2)21-13-20(11-18(12-20)19(5,6)7)17-9-8-15(3)16(4)10-17/h8-10,14,18,21H,11-13H2,1-7H3. The summed E-state index contributed by atoms with van der Waals surface area (Å²) in [5.74, 6) is 0.841. The molecule has 1 fully saturated rings. The largest absolute Gasteiger partial charge is 0.314 e. The minimum atomic E-state index is 0.348. The predicted molar refractivity (Wildman–Crippen MR) is 92.9 cm³/mol. The van der Waals surface area contributed by atoms with Crippen molar-refractivity contribution in [3.63, 3.8) is 0 Å². The van der Waals surface area contributed by atoms with E-state index in [1.54, 1.807) is 5.56 Å². The highest BCUT2D eigenvalue weighted by Gasteiger charge is 2.49. The molecule has 1 aliphatic rings. The van der Waals surface area contributed by atoms with Crippen molar-refractivity contribution in [2.24, 2.45) is 11.3 Å². The highest BCUT2D eigenvalue weighted by Crippen LogP contribution is 2.54. The molecule has 0 atom stereocenters. The molecule has 21 heavy (non-hydrogen) atoms. The Balaban J connectivity index is 2.23. The van der Waals surface area contributed by atoms with Crippen LogP contribution >= 0.6 is 0 Å². The van der Waals surface area contributed by atoms with Crippen molar-refractivity contribution in [1.29, 1.82) is 0 Å². The molecule has 0 aromatic heterocycles. The predicted octanol–water partition coefficient (Wildman–Crippen LogP) is 5.00. The van der Waals surface area contributed by atoms with E-state index in [0.29, 0.717) is 16.9 Å². The summed E-state index contributed by atoms with van der Waals surface area (Å²) < 4.78 is 0. The molecule has 1 nitrogen and oxygen atoms in total. The van der Waals surface area contributed by atoms with Crippen LogP contribution in [0.2, 0.25) is 0 Å². The van der Waals surface area contributed by atoms with E-state index in [2.05, 4.69) is 72.0 Å². The number of nitrogens with one attached hydrogen (secondary N) is 1. The molecule has 0 bridgehead atoms. The van der Waals surface area contributed by atoms with Crippen molar-refractivity contribution in [3.05, 3.63) is 34.9 Å². The first-order valence-electron chi connectivity index (χ1n) is 8.45. The van der Waals surface area contributed by atoms with E-state index in [1.165, 1.54) is 24.0 Å². The average Bonchev–Trinajstić information content (AvgIpc) is 2.30. The van der Waals surface area contributed by atoms with E-state index in [4.69, 9.17) is 0 Å². The molecule has 0 spiro atoms. The van der Waals surface area contributed by atoms with Crippen LogP contribution in [0.1, 0.15) is 64.2 Å². The first-order chi connectivity index (χ1) is 9.64. The number of hydrogen-bond acceptors (Lipinski definition) is 1. The van der Waals surface area contributed by atoms with E-state index in [9.17, 15) is 0 Å². The SMILES string of the molecule is Cc1ccc(C2(CNC(C)C)CC(C(C)(C)C)C2)cc1C.